The zero-order valence-electron chi connectivity index (χ0n) is 16.9. The lowest BCUT2D eigenvalue weighted by Crippen LogP contribution is -2.45. The molecule has 30 heavy (non-hydrogen) atoms. The third-order valence-electron chi connectivity index (χ3n) is 5.09. The number of hydrogen-bond acceptors (Lipinski definition) is 7. The van der Waals surface area contributed by atoms with E-state index < -0.39 is 60.0 Å². The normalized spacial score (nSPS) is 34.7. The summed E-state index contributed by atoms with van der Waals surface area (Å²) in [6, 6.07) is 4.04. The molecule has 0 aromatic heterocycles. The molecule has 3 heterocycles. The van der Waals surface area contributed by atoms with Crippen LogP contribution in [0.4, 0.5) is 13.2 Å². The average molecular weight is 432 g/mol. The van der Waals surface area contributed by atoms with E-state index in [1.54, 1.807) is 27.7 Å². The van der Waals surface area contributed by atoms with Crippen LogP contribution in [-0.4, -0.2) is 54.9 Å². The minimum atomic E-state index is -4.58. The van der Waals surface area contributed by atoms with Crippen LogP contribution in [0.2, 0.25) is 0 Å². The summed E-state index contributed by atoms with van der Waals surface area (Å²) in [6.45, 7) is 7.05. The zero-order valence-corrected chi connectivity index (χ0v) is 16.9. The molecule has 3 fully saturated rings. The van der Waals surface area contributed by atoms with Crippen molar-refractivity contribution in [1.82, 2.24) is 0 Å². The summed E-state index contributed by atoms with van der Waals surface area (Å²) in [5.74, 6) is -2.73. The summed E-state index contributed by atoms with van der Waals surface area (Å²) in [5, 5.41) is 0. The molecule has 0 amide bonds. The molecular formula is C20H23F3O7. The van der Waals surface area contributed by atoms with Crippen molar-refractivity contribution in [2.24, 2.45) is 0 Å². The van der Waals surface area contributed by atoms with Crippen LogP contribution in [0.25, 0.3) is 0 Å². The van der Waals surface area contributed by atoms with E-state index in [-0.39, 0.29) is 12.2 Å². The third kappa shape index (κ3) is 4.19. The van der Waals surface area contributed by atoms with E-state index in [9.17, 15) is 18.0 Å². The van der Waals surface area contributed by atoms with Gasteiger partial charge in [-0.2, -0.15) is 13.2 Å². The Balaban J connectivity index is 1.56. The molecule has 3 saturated heterocycles. The lowest BCUT2D eigenvalue weighted by molar-refractivity contribution is -0.232. The van der Waals surface area contributed by atoms with Gasteiger partial charge in [0.25, 0.3) is 0 Å². The quantitative estimate of drug-likeness (QED) is 0.679. The van der Waals surface area contributed by atoms with E-state index in [0.29, 0.717) is 0 Å². The van der Waals surface area contributed by atoms with Crippen LogP contribution >= 0.6 is 0 Å². The molecule has 4 rings (SSSR count). The molecule has 1 aromatic rings. The van der Waals surface area contributed by atoms with Crippen LogP contribution in [0.1, 0.15) is 43.6 Å². The van der Waals surface area contributed by atoms with Gasteiger partial charge in [-0.05, 0) is 45.9 Å². The Morgan fingerprint density at radius 3 is 2.43 bits per heavy atom. The molecule has 0 unspecified atom stereocenters. The number of rotatable bonds is 3. The van der Waals surface area contributed by atoms with Gasteiger partial charge in [0.2, 0.25) is 0 Å². The largest absolute Gasteiger partial charge is 0.453 e. The predicted octanol–water partition coefficient (Wildman–Crippen LogP) is 3.26. The van der Waals surface area contributed by atoms with Crippen LogP contribution < -0.4 is 0 Å². The number of hydrogen-bond donors (Lipinski definition) is 0. The monoisotopic (exact) mass is 432 g/mol. The van der Waals surface area contributed by atoms with Gasteiger partial charge in [-0.1, -0.05) is 6.07 Å². The van der Waals surface area contributed by atoms with Gasteiger partial charge in [0, 0.05) is 0 Å². The average Bonchev–Trinajstić information content (AvgIpc) is 3.24. The standard InChI is InChI=1S/C20H23F3O7/c1-18(2)25-9-12(28-18)13-14(15-17(27-13)30-19(3,4)29-15)26-16(24)10-6-5-7-11(8-10)20(21,22)23/h5-8,12-15,17H,9H2,1-4H3/t12-,13-,14+,15-,17-/m1/s1. The van der Waals surface area contributed by atoms with Crippen LogP contribution in [0.15, 0.2) is 24.3 Å². The highest BCUT2D eigenvalue weighted by Gasteiger charge is 2.60. The van der Waals surface area contributed by atoms with Crippen molar-refractivity contribution in [3.8, 4) is 0 Å². The fourth-order valence-corrected chi connectivity index (χ4v) is 3.83. The Bertz CT molecular complexity index is 823. The topological polar surface area (TPSA) is 72.5 Å². The minimum absolute atomic E-state index is 0.193. The van der Waals surface area contributed by atoms with E-state index in [2.05, 4.69) is 0 Å². The Hall–Kier alpha value is -1.72. The lowest BCUT2D eigenvalue weighted by atomic mass is 10.1. The first-order valence-electron chi connectivity index (χ1n) is 9.56. The van der Waals surface area contributed by atoms with Crippen LogP contribution in [0.3, 0.4) is 0 Å². The van der Waals surface area contributed by atoms with E-state index in [4.69, 9.17) is 28.4 Å². The summed E-state index contributed by atoms with van der Waals surface area (Å²) in [4.78, 5) is 12.7. The summed E-state index contributed by atoms with van der Waals surface area (Å²) in [6.07, 6.45) is -8.44. The lowest BCUT2D eigenvalue weighted by Gasteiger charge is -2.28. The number of halogens is 3. The van der Waals surface area contributed by atoms with Gasteiger partial charge in [0.05, 0.1) is 17.7 Å². The van der Waals surface area contributed by atoms with E-state index >= 15 is 0 Å². The third-order valence-corrected chi connectivity index (χ3v) is 5.09. The number of ether oxygens (including phenoxy) is 6. The number of carbonyl (C=O) groups is 1. The number of carbonyl (C=O) groups excluding carboxylic acids is 1. The highest BCUT2D eigenvalue weighted by molar-refractivity contribution is 5.89. The van der Waals surface area contributed by atoms with Gasteiger partial charge in [-0.3, -0.25) is 0 Å². The molecule has 166 valence electrons. The molecule has 3 aliphatic heterocycles. The Morgan fingerprint density at radius 1 is 1.07 bits per heavy atom. The molecule has 0 radical (unpaired) electrons. The highest BCUT2D eigenvalue weighted by Crippen LogP contribution is 2.42. The molecule has 0 bridgehead atoms. The van der Waals surface area contributed by atoms with E-state index in [0.717, 1.165) is 18.2 Å². The molecule has 7 nitrogen and oxygen atoms in total. The number of benzene rings is 1. The summed E-state index contributed by atoms with van der Waals surface area (Å²) >= 11 is 0. The first kappa shape index (κ1) is 21.5. The van der Waals surface area contributed by atoms with E-state index in [1.807, 2.05) is 0 Å². The van der Waals surface area contributed by atoms with Gasteiger partial charge in [0.15, 0.2) is 30.1 Å². The van der Waals surface area contributed by atoms with Gasteiger partial charge >= 0.3 is 12.1 Å². The Kier molecular flexibility index (Phi) is 5.14. The summed E-state index contributed by atoms with van der Waals surface area (Å²) < 4.78 is 73.5. The fraction of sp³-hybridized carbons (Fsp3) is 0.650. The van der Waals surface area contributed by atoms with Crippen molar-refractivity contribution in [2.45, 2.75) is 76.2 Å². The number of fused-ring (bicyclic) bond motifs is 1. The molecule has 0 spiro atoms. The first-order chi connectivity index (χ1) is 13.8. The molecule has 0 N–H and O–H groups in total. The van der Waals surface area contributed by atoms with Crippen LogP contribution in [0.5, 0.6) is 0 Å². The Morgan fingerprint density at radius 2 is 1.80 bits per heavy atom. The second-order valence-electron chi connectivity index (χ2n) is 8.38. The summed E-state index contributed by atoms with van der Waals surface area (Å²) in [5.41, 5.74) is -1.17. The van der Waals surface area contributed by atoms with Crippen molar-refractivity contribution in [2.75, 3.05) is 6.61 Å². The van der Waals surface area contributed by atoms with E-state index in [1.165, 1.54) is 6.07 Å². The zero-order chi connectivity index (χ0) is 21.9. The predicted molar refractivity (Wildman–Crippen MR) is 94.2 cm³/mol. The van der Waals surface area contributed by atoms with Crippen molar-refractivity contribution < 1.29 is 46.4 Å². The van der Waals surface area contributed by atoms with Crippen molar-refractivity contribution in [1.29, 1.82) is 0 Å². The second kappa shape index (κ2) is 7.16. The first-order valence-corrected chi connectivity index (χ1v) is 9.56. The maximum atomic E-state index is 13.0. The van der Waals surface area contributed by atoms with Crippen molar-refractivity contribution in [3.05, 3.63) is 35.4 Å². The fourth-order valence-electron chi connectivity index (χ4n) is 3.83. The molecule has 10 heteroatoms. The maximum Gasteiger partial charge on any atom is 0.416 e. The summed E-state index contributed by atoms with van der Waals surface area (Å²) in [7, 11) is 0. The minimum Gasteiger partial charge on any atom is -0.453 e. The van der Waals surface area contributed by atoms with Crippen LogP contribution in [-0.2, 0) is 34.6 Å². The van der Waals surface area contributed by atoms with Gasteiger partial charge < -0.3 is 28.4 Å². The second-order valence-corrected chi connectivity index (χ2v) is 8.38. The van der Waals surface area contributed by atoms with Crippen LogP contribution in [0, 0.1) is 0 Å². The van der Waals surface area contributed by atoms with Crippen molar-refractivity contribution >= 4 is 5.97 Å². The molecule has 0 saturated carbocycles. The molecule has 5 atom stereocenters. The SMILES string of the molecule is CC1(C)O[C@H]2O[C@H]([C@H]3COC(C)(C)O3)[C@H](OC(=O)c3cccc(C(F)(F)F)c3)[C@H]2O1. The number of esters is 1. The smallest absolute Gasteiger partial charge is 0.416 e. The maximum absolute atomic E-state index is 13.0. The van der Waals surface area contributed by atoms with Gasteiger partial charge in [-0.25, -0.2) is 4.79 Å². The molecule has 0 aliphatic carbocycles. The highest BCUT2D eigenvalue weighted by atomic mass is 19.4. The molecule has 3 aliphatic rings. The van der Waals surface area contributed by atoms with Gasteiger partial charge in [0.1, 0.15) is 12.2 Å². The Labute approximate surface area is 171 Å². The number of alkyl halides is 3. The van der Waals surface area contributed by atoms with Crippen molar-refractivity contribution in [3.63, 3.8) is 0 Å². The van der Waals surface area contributed by atoms with Gasteiger partial charge in [-0.15, -0.1) is 0 Å². The molecule has 1 aromatic carbocycles. The molecular weight excluding hydrogens is 409 g/mol.